The third-order valence-electron chi connectivity index (χ3n) is 22.9. The van der Waals surface area contributed by atoms with Crippen LogP contribution in [0.2, 0.25) is 0 Å². The summed E-state index contributed by atoms with van der Waals surface area (Å²) in [5, 5.41) is 1.86. The molecule has 8 heterocycles. The predicted molar refractivity (Wildman–Crippen MR) is 423 cm³/mol. The Balaban J connectivity index is 0.918. The van der Waals surface area contributed by atoms with Crippen LogP contribution in [0.1, 0.15) is 83.5 Å². The summed E-state index contributed by atoms with van der Waals surface area (Å²) in [4.78, 5) is 5.20. The van der Waals surface area contributed by atoms with Crippen LogP contribution in [0.15, 0.2) is 179 Å². The number of nitrogens with zero attached hydrogens (tertiary/aromatic N) is 2. The summed E-state index contributed by atoms with van der Waals surface area (Å²) in [5.74, 6) is 6.00. The number of aryl methyl sites for hydroxylation is 15. The van der Waals surface area contributed by atoms with E-state index < -0.39 is 13.4 Å². The van der Waals surface area contributed by atoms with E-state index in [1.807, 2.05) is 12.1 Å². The first-order valence-corrected chi connectivity index (χ1v) is 35.8. The minimum atomic E-state index is -0.406. The Kier molecular flexibility index (Phi) is 12.7. The van der Waals surface area contributed by atoms with Crippen molar-refractivity contribution < 1.29 is 27.8 Å². The molecular weight excluding hydrogens is 1250 g/mol. The van der Waals surface area contributed by atoms with Crippen LogP contribution in [0.3, 0.4) is 0 Å². The highest BCUT2D eigenvalue weighted by atomic mass is 16.5. The molecule has 0 saturated carbocycles. The van der Waals surface area contributed by atoms with Crippen molar-refractivity contribution in [2.24, 2.45) is 0 Å². The number of rotatable bonds is 5. The monoisotopic (exact) mass is 1320 g/mol. The number of furan rings is 2. The second-order valence-electron chi connectivity index (χ2n) is 30.4. The molecule has 0 fully saturated rings. The van der Waals surface area contributed by atoms with E-state index in [-0.39, 0.29) is 6.71 Å². The zero-order chi connectivity index (χ0) is 69.6. The average molecular weight is 1320 g/mol. The van der Waals surface area contributed by atoms with Gasteiger partial charge in [-0.25, -0.2) is 0 Å². The molecule has 0 N–H and O–H groups in total. The van der Waals surface area contributed by atoms with E-state index in [4.69, 9.17) is 27.8 Å². The summed E-state index contributed by atoms with van der Waals surface area (Å²) in [6, 6.07) is 63.4. The van der Waals surface area contributed by atoms with E-state index in [0.29, 0.717) is 0 Å². The van der Waals surface area contributed by atoms with Crippen LogP contribution >= 0.6 is 0 Å². The smallest absolute Gasteiger partial charge is 0.305 e. The van der Waals surface area contributed by atoms with Gasteiger partial charge in [0.2, 0.25) is 0 Å². The molecule has 20 rings (SSSR count). The van der Waals surface area contributed by atoms with Gasteiger partial charge in [0, 0.05) is 45.8 Å². The normalized spacial score (nSPS) is 13.7. The van der Waals surface area contributed by atoms with Crippen LogP contribution in [-0.2, 0) is 0 Å². The number of hydrogen-bond donors (Lipinski definition) is 0. The third kappa shape index (κ3) is 8.54. The van der Waals surface area contributed by atoms with E-state index >= 15 is 0 Å². The number of benzene rings is 12. The molecule has 12 aromatic carbocycles. The van der Waals surface area contributed by atoms with Crippen molar-refractivity contribution in [1.82, 2.24) is 0 Å². The van der Waals surface area contributed by atoms with Gasteiger partial charge in [0.05, 0.1) is 22.1 Å². The van der Waals surface area contributed by atoms with Crippen molar-refractivity contribution in [3.05, 3.63) is 253 Å². The van der Waals surface area contributed by atoms with Crippen LogP contribution in [0.4, 0.5) is 34.1 Å². The molecule has 0 atom stereocenters. The molecule has 0 radical (unpaired) electrons. The minimum absolute atomic E-state index is 0.370. The van der Waals surface area contributed by atoms with Gasteiger partial charge >= 0.3 is 13.4 Å². The van der Waals surface area contributed by atoms with Crippen LogP contribution in [0.5, 0.6) is 46.0 Å². The minimum Gasteiger partial charge on any atom is -0.466 e. The number of ether oxygens (including phenoxy) is 4. The van der Waals surface area contributed by atoms with Gasteiger partial charge < -0.3 is 37.6 Å². The number of hydrogen-bond acceptors (Lipinski definition) is 8. The second-order valence-corrected chi connectivity index (χ2v) is 30.4. The third-order valence-corrected chi connectivity index (χ3v) is 22.9. The molecule has 0 aliphatic carbocycles. The molecule has 11 heteroatoms. The van der Waals surface area contributed by atoms with Crippen molar-refractivity contribution in [2.45, 2.75) is 104 Å². The lowest BCUT2D eigenvalue weighted by Gasteiger charge is -2.46. The molecule has 102 heavy (non-hydrogen) atoms. The van der Waals surface area contributed by atoms with Crippen molar-refractivity contribution in [3.8, 4) is 79.4 Å². The van der Waals surface area contributed by atoms with Crippen molar-refractivity contribution in [1.29, 1.82) is 0 Å². The Labute approximate surface area is 596 Å². The topological polar surface area (TPSA) is 69.7 Å². The molecule has 2 aromatic heterocycles. The first-order chi connectivity index (χ1) is 49.2. The predicted octanol–water partition coefficient (Wildman–Crippen LogP) is 18.3. The number of fused-ring (bicyclic) bond motifs is 16. The first-order valence-electron chi connectivity index (χ1n) is 35.8. The summed E-state index contributed by atoms with van der Waals surface area (Å²) in [5.41, 5.74) is 41.8. The van der Waals surface area contributed by atoms with Crippen molar-refractivity contribution in [3.63, 3.8) is 0 Å². The summed E-state index contributed by atoms with van der Waals surface area (Å²) in [6.45, 7) is 32.3. The average Bonchev–Trinajstić information content (AvgIpc) is 0.812. The van der Waals surface area contributed by atoms with Gasteiger partial charge in [0.1, 0.15) is 57.0 Å². The molecule has 14 aromatic rings. The molecule has 492 valence electrons. The largest absolute Gasteiger partial charge is 0.466 e. The lowest BCUT2D eigenvalue weighted by molar-refractivity contribution is 0.461. The maximum atomic E-state index is 7.69. The van der Waals surface area contributed by atoms with E-state index in [9.17, 15) is 0 Å². The Bertz CT molecular complexity index is 5750. The first kappa shape index (κ1) is 60.7. The molecule has 0 unspecified atom stereocenters. The SMILES string of the molecule is Cc1cc(C)c(-c2cc3c4c(c2)Oc2c(oc5ccccc25)B4c2cc4c(cc2O3)N(c2c(C)cc(C)cc2C)c2cc(-c3c(C)cc(C)cc3C)cc3c2B4c2cc4c(cc2N3c2c(C)cc(C)cc2C)Oc2cc(-c3c(C)cc(C)cc3C)cc3c2B4c2oc4ccccc4c2O3)c(C)c1. The quantitative estimate of drug-likeness (QED) is 0.158. The molecule has 6 aliphatic heterocycles. The molecule has 0 saturated heterocycles. The molecule has 6 aliphatic rings. The summed E-state index contributed by atoms with van der Waals surface area (Å²) < 4.78 is 44.4. The Morgan fingerprint density at radius 3 is 0.931 bits per heavy atom. The lowest BCUT2D eigenvalue weighted by atomic mass is 9.30. The molecule has 0 bridgehead atoms. The Morgan fingerprint density at radius 1 is 0.265 bits per heavy atom. The van der Waals surface area contributed by atoms with Gasteiger partial charge in [-0.3, -0.25) is 0 Å². The van der Waals surface area contributed by atoms with E-state index in [0.717, 1.165) is 163 Å². The van der Waals surface area contributed by atoms with Gasteiger partial charge in [-0.1, -0.05) is 125 Å². The highest BCUT2D eigenvalue weighted by Crippen LogP contribution is 2.53. The summed E-state index contributed by atoms with van der Waals surface area (Å²) in [6.07, 6.45) is 0. The fourth-order valence-corrected chi connectivity index (χ4v) is 19.7. The van der Waals surface area contributed by atoms with Crippen LogP contribution in [0, 0.1) is 104 Å². The van der Waals surface area contributed by atoms with Gasteiger partial charge in [-0.15, -0.1) is 0 Å². The van der Waals surface area contributed by atoms with Gasteiger partial charge in [-0.2, -0.15) is 0 Å². The van der Waals surface area contributed by atoms with Gasteiger partial charge in [0.25, 0.3) is 6.71 Å². The Hall–Kier alpha value is -11.3. The summed E-state index contributed by atoms with van der Waals surface area (Å²) in [7, 11) is 0. The van der Waals surface area contributed by atoms with Crippen molar-refractivity contribution >= 4 is 126 Å². The van der Waals surface area contributed by atoms with Crippen LogP contribution in [-0.4, -0.2) is 20.1 Å². The summed E-state index contributed by atoms with van der Waals surface area (Å²) >= 11 is 0. The van der Waals surface area contributed by atoms with E-state index in [2.05, 4.69) is 271 Å². The molecule has 8 nitrogen and oxygen atoms in total. The van der Waals surface area contributed by atoms with Gasteiger partial charge in [-0.05, 0) is 281 Å². The van der Waals surface area contributed by atoms with E-state index in [1.54, 1.807) is 0 Å². The molecule has 0 spiro atoms. The van der Waals surface area contributed by atoms with Crippen LogP contribution < -0.4 is 78.3 Å². The zero-order valence-corrected chi connectivity index (χ0v) is 60.2. The zero-order valence-electron chi connectivity index (χ0n) is 60.2. The number of anilines is 6. The highest BCUT2D eigenvalue weighted by Gasteiger charge is 2.52. The number of para-hydroxylation sites is 2. The van der Waals surface area contributed by atoms with Crippen LogP contribution in [0.25, 0.3) is 55.3 Å². The van der Waals surface area contributed by atoms with Gasteiger partial charge in [0.15, 0.2) is 11.5 Å². The fourth-order valence-electron chi connectivity index (χ4n) is 19.7. The fraction of sp³-hybridized carbons (Fsp3) is 0.165. The second kappa shape index (κ2) is 21.4. The molecule has 0 amide bonds. The Morgan fingerprint density at radius 2 is 0.578 bits per heavy atom. The standard InChI is InChI=1S/C91H73B3N2O6/c1-44-24-49(6)80(50(7)25-44)59-34-70-83-71(35-59)96(87-57(14)32-48(5)33-58(87)15)69-43-75-67(94-85-77(98-75)37-61(82-53(10)28-46(3)29-54(82)11)39-79(85)100-89-63-21-17-19-23-73(63)102-91(89)94)41-65(69)92(83)64-40-66-74(42-68(64)95(70)86-55(12)30-47(4)31-56(86)13)97-76-36-60(81-51(8)26-45(2)27-52(81)9)38-78-84(76)93(66)90-88(99-78)62-20-16-18-22-72(62)101-90/h16-43H,1-15H3. The highest BCUT2D eigenvalue weighted by molar-refractivity contribution is 7.03. The lowest BCUT2D eigenvalue weighted by Crippen LogP contribution is -2.65. The molecular formula is C91H73B3N2O6. The maximum absolute atomic E-state index is 7.69. The maximum Gasteiger partial charge on any atom is 0.305 e. The van der Waals surface area contributed by atoms with E-state index in [1.165, 1.54) is 106 Å². The van der Waals surface area contributed by atoms with Crippen molar-refractivity contribution in [2.75, 3.05) is 9.80 Å².